The molecule has 1 atom stereocenters. The zero-order valence-corrected chi connectivity index (χ0v) is 10.1. The first kappa shape index (κ1) is 12.0. The number of likely N-dealkylation sites (tertiary alicyclic amines) is 1. The minimum atomic E-state index is -0.655. The maximum absolute atomic E-state index is 11.3. The number of carbonyl (C=O) groups is 1. The quantitative estimate of drug-likeness (QED) is 0.862. The van der Waals surface area contributed by atoms with E-state index in [0.717, 1.165) is 19.5 Å². The number of carboxylic acids is 1. The summed E-state index contributed by atoms with van der Waals surface area (Å²) in [5.74, 6) is -0.655. The third kappa shape index (κ3) is 2.47. The number of pyridine rings is 1. The molecule has 2 heterocycles. The molecule has 17 heavy (non-hydrogen) atoms. The molecule has 2 rings (SSSR count). The molecular formula is C13H18N2O2. The normalized spacial score (nSPS) is 25.0. The van der Waals surface area contributed by atoms with E-state index in [2.05, 4.69) is 9.88 Å². The molecule has 1 saturated heterocycles. The SMILES string of the molecule is CCC1(C(=O)O)CCN(Cc2ccncc2)C1. The van der Waals surface area contributed by atoms with Crippen molar-refractivity contribution in [2.75, 3.05) is 13.1 Å². The van der Waals surface area contributed by atoms with E-state index >= 15 is 0 Å². The Balaban J connectivity index is 2.01. The average Bonchev–Trinajstić information content (AvgIpc) is 2.75. The Labute approximate surface area is 101 Å². The second-order valence-electron chi connectivity index (χ2n) is 4.76. The van der Waals surface area contributed by atoms with Crippen molar-refractivity contribution < 1.29 is 9.90 Å². The van der Waals surface area contributed by atoms with E-state index in [1.807, 2.05) is 19.1 Å². The van der Waals surface area contributed by atoms with Gasteiger partial charge in [0.2, 0.25) is 0 Å². The maximum Gasteiger partial charge on any atom is 0.310 e. The first-order valence-electron chi connectivity index (χ1n) is 6.01. The van der Waals surface area contributed by atoms with Crippen LogP contribution >= 0.6 is 0 Å². The monoisotopic (exact) mass is 234 g/mol. The highest BCUT2D eigenvalue weighted by atomic mass is 16.4. The van der Waals surface area contributed by atoms with Crippen molar-refractivity contribution in [1.29, 1.82) is 0 Å². The van der Waals surface area contributed by atoms with Crippen LogP contribution in [-0.2, 0) is 11.3 Å². The predicted octanol–water partition coefficient (Wildman–Crippen LogP) is 1.77. The number of rotatable bonds is 4. The summed E-state index contributed by atoms with van der Waals surface area (Å²) in [6.07, 6.45) is 5.00. The van der Waals surface area contributed by atoms with Gasteiger partial charge in [-0.05, 0) is 37.1 Å². The fourth-order valence-corrected chi connectivity index (χ4v) is 2.45. The molecule has 0 saturated carbocycles. The van der Waals surface area contributed by atoms with Crippen LogP contribution in [0.4, 0.5) is 0 Å². The first-order chi connectivity index (χ1) is 8.16. The van der Waals surface area contributed by atoms with Crippen LogP contribution in [0, 0.1) is 5.41 Å². The Morgan fingerprint density at radius 3 is 2.76 bits per heavy atom. The van der Waals surface area contributed by atoms with Gasteiger partial charge >= 0.3 is 5.97 Å². The second-order valence-corrected chi connectivity index (χ2v) is 4.76. The number of aliphatic carboxylic acids is 1. The average molecular weight is 234 g/mol. The van der Waals surface area contributed by atoms with Gasteiger partial charge in [-0.2, -0.15) is 0 Å². The van der Waals surface area contributed by atoms with Crippen LogP contribution in [0.25, 0.3) is 0 Å². The van der Waals surface area contributed by atoms with Crippen LogP contribution in [0.5, 0.6) is 0 Å². The molecule has 0 bridgehead atoms. The summed E-state index contributed by atoms with van der Waals surface area (Å²) in [4.78, 5) is 17.5. The minimum absolute atomic E-state index is 0.535. The number of hydrogen-bond acceptors (Lipinski definition) is 3. The second kappa shape index (κ2) is 4.84. The van der Waals surface area contributed by atoms with Crippen molar-refractivity contribution in [3.05, 3.63) is 30.1 Å². The zero-order valence-electron chi connectivity index (χ0n) is 10.1. The van der Waals surface area contributed by atoms with Gasteiger partial charge in [-0.25, -0.2) is 0 Å². The molecular weight excluding hydrogens is 216 g/mol. The van der Waals surface area contributed by atoms with Gasteiger partial charge in [0.25, 0.3) is 0 Å². The Bertz CT molecular complexity index is 394. The summed E-state index contributed by atoms with van der Waals surface area (Å²) in [5, 5.41) is 9.31. The standard InChI is InChI=1S/C13H18N2O2/c1-2-13(12(16)17)5-8-15(10-13)9-11-3-6-14-7-4-11/h3-4,6-7H,2,5,8-10H2,1H3,(H,16,17). The summed E-state index contributed by atoms with van der Waals surface area (Å²) < 4.78 is 0. The van der Waals surface area contributed by atoms with Crippen molar-refractivity contribution in [2.24, 2.45) is 5.41 Å². The van der Waals surface area contributed by atoms with Crippen LogP contribution in [0.2, 0.25) is 0 Å². The molecule has 4 nitrogen and oxygen atoms in total. The van der Waals surface area contributed by atoms with Gasteiger partial charge < -0.3 is 5.11 Å². The summed E-state index contributed by atoms with van der Waals surface area (Å²) in [6.45, 7) is 4.30. The summed E-state index contributed by atoms with van der Waals surface area (Å²) in [7, 11) is 0. The zero-order chi connectivity index (χ0) is 12.3. The Morgan fingerprint density at radius 1 is 1.53 bits per heavy atom. The fourth-order valence-electron chi connectivity index (χ4n) is 2.45. The van der Waals surface area contributed by atoms with Crippen molar-refractivity contribution in [3.8, 4) is 0 Å². The minimum Gasteiger partial charge on any atom is -0.481 e. The molecule has 4 heteroatoms. The largest absolute Gasteiger partial charge is 0.481 e. The lowest BCUT2D eigenvalue weighted by atomic mass is 9.84. The highest BCUT2D eigenvalue weighted by Gasteiger charge is 2.42. The molecule has 1 unspecified atom stereocenters. The number of nitrogens with zero attached hydrogens (tertiary/aromatic N) is 2. The van der Waals surface area contributed by atoms with Crippen LogP contribution in [-0.4, -0.2) is 34.0 Å². The van der Waals surface area contributed by atoms with Crippen molar-refractivity contribution >= 4 is 5.97 Å². The fraction of sp³-hybridized carbons (Fsp3) is 0.538. The van der Waals surface area contributed by atoms with E-state index in [-0.39, 0.29) is 0 Å². The summed E-state index contributed by atoms with van der Waals surface area (Å²) >= 11 is 0. The molecule has 0 aliphatic carbocycles. The van der Waals surface area contributed by atoms with Gasteiger partial charge in [0, 0.05) is 25.5 Å². The molecule has 1 N–H and O–H groups in total. The maximum atomic E-state index is 11.3. The smallest absolute Gasteiger partial charge is 0.310 e. The van der Waals surface area contributed by atoms with E-state index in [0.29, 0.717) is 13.0 Å². The highest BCUT2D eigenvalue weighted by molar-refractivity contribution is 5.75. The third-order valence-electron chi connectivity index (χ3n) is 3.72. The van der Waals surface area contributed by atoms with Gasteiger partial charge in [-0.15, -0.1) is 0 Å². The van der Waals surface area contributed by atoms with Gasteiger partial charge in [0.15, 0.2) is 0 Å². The number of carboxylic acid groups (broad SMARTS) is 1. The van der Waals surface area contributed by atoms with E-state index in [4.69, 9.17) is 0 Å². The van der Waals surface area contributed by atoms with E-state index in [1.165, 1.54) is 5.56 Å². The van der Waals surface area contributed by atoms with Crippen LogP contribution in [0.3, 0.4) is 0 Å². The van der Waals surface area contributed by atoms with Crippen molar-refractivity contribution in [1.82, 2.24) is 9.88 Å². The molecule has 0 amide bonds. The Morgan fingerprint density at radius 2 is 2.24 bits per heavy atom. The van der Waals surface area contributed by atoms with Gasteiger partial charge in [-0.1, -0.05) is 6.92 Å². The van der Waals surface area contributed by atoms with Crippen LogP contribution in [0.1, 0.15) is 25.3 Å². The Kier molecular flexibility index (Phi) is 3.43. The molecule has 92 valence electrons. The lowest BCUT2D eigenvalue weighted by molar-refractivity contribution is -0.148. The molecule has 0 spiro atoms. The van der Waals surface area contributed by atoms with E-state index in [9.17, 15) is 9.90 Å². The number of hydrogen-bond donors (Lipinski definition) is 1. The molecule has 1 aromatic rings. The van der Waals surface area contributed by atoms with Crippen molar-refractivity contribution in [3.63, 3.8) is 0 Å². The molecule has 1 aliphatic heterocycles. The lowest BCUT2D eigenvalue weighted by Crippen LogP contribution is -2.33. The topological polar surface area (TPSA) is 53.4 Å². The number of aromatic nitrogens is 1. The van der Waals surface area contributed by atoms with Crippen molar-refractivity contribution in [2.45, 2.75) is 26.3 Å². The lowest BCUT2D eigenvalue weighted by Gasteiger charge is -2.23. The summed E-state index contributed by atoms with van der Waals surface area (Å²) in [6, 6.07) is 3.96. The molecule has 1 fully saturated rings. The predicted molar refractivity (Wildman–Crippen MR) is 64.5 cm³/mol. The third-order valence-corrected chi connectivity index (χ3v) is 3.72. The first-order valence-corrected chi connectivity index (χ1v) is 6.01. The van der Waals surface area contributed by atoms with E-state index in [1.54, 1.807) is 12.4 Å². The van der Waals surface area contributed by atoms with Gasteiger partial charge in [0.1, 0.15) is 0 Å². The van der Waals surface area contributed by atoms with Crippen LogP contribution < -0.4 is 0 Å². The van der Waals surface area contributed by atoms with Gasteiger partial charge in [-0.3, -0.25) is 14.7 Å². The van der Waals surface area contributed by atoms with Gasteiger partial charge in [0.05, 0.1) is 5.41 Å². The van der Waals surface area contributed by atoms with Crippen LogP contribution in [0.15, 0.2) is 24.5 Å². The molecule has 0 radical (unpaired) electrons. The molecule has 1 aromatic heterocycles. The molecule has 0 aromatic carbocycles. The highest BCUT2D eigenvalue weighted by Crippen LogP contribution is 2.34. The summed E-state index contributed by atoms with van der Waals surface area (Å²) in [5.41, 5.74) is 0.657. The Hall–Kier alpha value is -1.42. The molecule has 1 aliphatic rings. The van der Waals surface area contributed by atoms with E-state index < -0.39 is 11.4 Å².